The molecule has 1 rings (SSSR count). The van der Waals surface area contributed by atoms with Gasteiger partial charge in [0, 0.05) is 4.92 Å². The zero-order valence-electron chi connectivity index (χ0n) is 6.15. The average molecular weight is 159 g/mol. The Bertz CT molecular complexity index is 191. The smallest absolute Gasteiger partial charge is 0.309 e. The summed E-state index contributed by atoms with van der Waals surface area (Å²) in [6.07, 6.45) is 0. The summed E-state index contributed by atoms with van der Waals surface area (Å²) in [6, 6.07) is 0. The number of ether oxygens (including phenoxy) is 1. The van der Waals surface area contributed by atoms with Gasteiger partial charge < -0.3 is 4.74 Å². The van der Waals surface area contributed by atoms with E-state index in [2.05, 4.69) is 4.74 Å². The SMILES string of the molecule is C[C@H]1C(=O)OC[C@@H]1C[N+](=O)[O-]. The topological polar surface area (TPSA) is 69.4 Å². The maximum absolute atomic E-state index is 10.7. The van der Waals surface area contributed by atoms with E-state index in [0.29, 0.717) is 0 Å². The van der Waals surface area contributed by atoms with E-state index in [4.69, 9.17) is 0 Å². The summed E-state index contributed by atoms with van der Waals surface area (Å²) in [6.45, 7) is 1.68. The van der Waals surface area contributed by atoms with Crippen LogP contribution in [0.15, 0.2) is 0 Å². The maximum atomic E-state index is 10.7. The minimum Gasteiger partial charge on any atom is -0.465 e. The van der Waals surface area contributed by atoms with Crippen molar-refractivity contribution < 1.29 is 14.5 Å². The number of nitrogens with zero attached hydrogens (tertiary/aromatic N) is 1. The van der Waals surface area contributed by atoms with Crippen LogP contribution in [0.3, 0.4) is 0 Å². The van der Waals surface area contributed by atoms with Gasteiger partial charge in [0.2, 0.25) is 6.54 Å². The quantitative estimate of drug-likeness (QED) is 0.325. The van der Waals surface area contributed by atoms with Crippen LogP contribution in [0, 0.1) is 22.0 Å². The molecule has 1 aliphatic rings. The number of cyclic esters (lactones) is 1. The summed E-state index contributed by atoms with van der Waals surface area (Å²) in [5, 5.41) is 10.0. The zero-order valence-corrected chi connectivity index (χ0v) is 6.15. The summed E-state index contributed by atoms with van der Waals surface area (Å²) in [4.78, 5) is 20.4. The standard InChI is InChI=1S/C6H9NO4/c1-4-5(2-7(9)10)3-11-6(4)8/h4-5H,2-3H2,1H3/t4-,5+/m1/s1. The van der Waals surface area contributed by atoms with Crippen LogP contribution >= 0.6 is 0 Å². The second-order valence-electron chi connectivity index (χ2n) is 2.69. The average Bonchev–Trinajstić information content (AvgIpc) is 2.18. The van der Waals surface area contributed by atoms with E-state index in [0.717, 1.165) is 0 Å². The molecule has 1 fully saturated rings. The predicted molar refractivity (Wildman–Crippen MR) is 35.5 cm³/mol. The molecule has 5 heteroatoms. The Balaban J connectivity index is 2.48. The molecule has 0 N–H and O–H groups in total. The van der Waals surface area contributed by atoms with Gasteiger partial charge in [-0.15, -0.1) is 0 Å². The minimum absolute atomic E-state index is 0.174. The first-order valence-corrected chi connectivity index (χ1v) is 3.39. The molecule has 0 bridgehead atoms. The van der Waals surface area contributed by atoms with Crippen LogP contribution in [0.4, 0.5) is 0 Å². The van der Waals surface area contributed by atoms with E-state index in [-0.39, 0.29) is 31.0 Å². The summed E-state index contributed by atoms with van der Waals surface area (Å²) in [7, 11) is 0. The van der Waals surface area contributed by atoms with Crippen LogP contribution in [0.1, 0.15) is 6.92 Å². The molecule has 0 aromatic heterocycles. The third kappa shape index (κ3) is 1.66. The lowest BCUT2D eigenvalue weighted by molar-refractivity contribution is -0.488. The van der Waals surface area contributed by atoms with Crippen molar-refractivity contribution in [2.24, 2.45) is 11.8 Å². The zero-order chi connectivity index (χ0) is 8.43. The molecule has 1 saturated heterocycles. The number of nitro groups is 1. The van der Waals surface area contributed by atoms with Crippen LogP contribution in [0.5, 0.6) is 0 Å². The first kappa shape index (κ1) is 7.97. The number of rotatable bonds is 2. The molecule has 1 heterocycles. The Morgan fingerprint density at radius 1 is 1.82 bits per heavy atom. The molecule has 0 aliphatic carbocycles. The largest absolute Gasteiger partial charge is 0.465 e. The maximum Gasteiger partial charge on any atom is 0.309 e. The Hall–Kier alpha value is -1.13. The lowest BCUT2D eigenvalue weighted by Gasteiger charge is -2.02. The Kier molecular flexibility index (Phi) is 2.07. The van der Waals surface area contributed by atoms with Gasteiger partial charge >= 0.3 is 5.97 Å². The molecule has 0 spiro atoms. The van der Waals surface area contributed by atoms with Gasteiger partial charge in [0.15, 0.2) is 0 Å². The van der Waals surface area contributed by atoms with E-state index in [9.17, 15) is 14.9 Å². The predicted octanol–water partition coefficient (Wildman–Crippen LogP) is 0.0722. The van der Waals surface area contributed by atoms with Crippen LogP contribution in [-0.4, -0.2) is 24.0 Å². The summed E-state index contributed by atoms with van der Waals surface area (Å²) in [5.41, 5.74) is 0. The molecular formula is C6H9NO4. The minimum atomic E-state index is -0.414. The molecular weight excluding hydrogens is 150 g/mol. The summed E-state index contributed by atoms with van der Waals surface area (Å²) < 4.78 is 4.64. The van der Waals surface area contributed by atoms with Crippen molar-refractivity contribution in [1.29, 1.82) is 0 Å². The highest BCUT2D eigenvalue weighted by atomic mass is 16.6. The fraction of sp³-hybridized carbons (Fsp3) is 0.833. The highest BCUT2D eigenvalue weighted by molar-refractivity contribution is 5.74. The van der Waals surface area contributed by atoms with E-state index in [1.165, 1.54) is 0 Å². The van der Waals surface area contributed by atoms with Crippen molar-refractivity contribution in [3.63, 3.8) is 0 Å². The van der Waals surface area contributed by atoms with Crippen LogP contribution in [-0.2, 0) is 9.53 Å². The number of hydrogen-bond donors (Lipinski definition) is 0. The van der Waals surface area contributed by atoms with Gasteiger partial charge in [-0.2, -0.15) is 0 Å². The van der Waals surface area contributed by atoms with E-state index in [1.54, 1.807) is 6.92 Å². The Morgan fingerprint density at radius 2 is 2.45 bits per heavy atom. The molecule has 0 unspecified atom stereocenters. The third-order valence-corrected chi connectivity index (χ3v) is 1.90. The van der Waals surface area contributed by atoms with Crippen molar-refractivity contribution in [1.82, 2.24) is 0 Å². The fourth-order valence-electron chi connectivity index (χ4n) is 1.06. The highest BCUT2D eigenvalue weighted by Crippen LogP contribution is 2.21. The first-order chi connectivity index (χ1) is 5.11. The van der Waals surface area contributed by atoms with Gasteiger partial charge in [0.05, 0.1) is 11.8 Å². The highest BCUT2D eigenvalue weighted by Gasteiger charge is 2.36. The Morgan fingerprint density at radius 3 is 2.82 bits per heavy atom. The normalized spacial score (nSPS) is 30.1. The van der Waals surface area contributed by atoms with Crippen LogP contribution in [0.25, 0.3) is 0 Å². The van der Waals surface area contributed by atoms with Gasteiger partial charge in [-0.1, -0.05) is 6.92 Å². The molecule has 0 aromatic carbocycles. The van der Waals surface area contributed by atoms with Gasteiger partial charge in [-0.25, -0.2) is 0 Å². The van der Waals surface area contributed by atoms with Crippen molar-refractivity contribution in [3.05, 3.63) is 10.1 Å². The monoisotopic (exact) mass is 159 g/mol. The van der Waals surface area contributed by atoms with Crippen LogP contribution < -0.4 is 0 Å². The van der Waals surface area contributed by atoms with E-state index >= 15 is 0 Å². The van der Waals surface area contributed by atoms with Crippen molar-refractivity contribution in [2.75, 3.05) is 13.2 Å². The van der Waals surface area contributed by atoms with Gasteiger partial charge in [0.1, 0.15) is 6.61 Å². The fourth-order valence-corrected chi connectivity index (χ4v) is 1.06. The van der Waals surface area contributed by atoms with E-state index < -0.39 is 4.92 Å². The van der Waals surface area contributed by atoms with Crippen LogP contribution in [0.2, 0.25) is 0 Å². The molecule has 0 amide bonds. The van der Waals surface area contributed by atoms with Gasteiger partial charge in [-0.3, -0.25) is 14.9 Å². The van der Waals surface area contributed by atoms with Crippen molar-refractivity contribution in [3.8, 4) is 0 Å². The molecule has 11 heavy (non-hydrogen) atoms. The Labute approximate surface area is 63.5 Å². The molecule has 1 aliphatic heterocycles. The van der Waals surface area contributed by atoms with Gasteiger partial charge in [0.25, 0.3) is 0 Å². The van der Waals surface area contributed by atoms with Gasteiger partial charge in [-0.05, 0) is 0 Å². The molecule has 0 aromatic rings. The summed E-state index contributed by atoms with van der Waals surface area (Å²) in [5.74, 6) is -0.880. The van der Waals surface area contributed by atoms with Crippen molar-refractivity contribution >= 4 is 5.97 Å². The number of carbonyl (C=O) groups excluding carboxylic acids is 1. The molecule has 5 nitrogen and oxygen atoms in total. The van der Waals surface area contributed by atoms with E-state index in [1.807, 2.05) is 0 Å². The number of carbonyl (C=O) groups is 1. The third-order valence-electron chi connectivity index (χ3n) is 1.90. The van der Waals surface area contributed by atoms with Crippen molar-refractivity contribution in [2.45, 2.75) is 6.92 Å². The second kappa shape index (κ2) is 2.86. The molecule has 62 valence electrons. The molecule has 0 radical (unpaired) electrons. The lowest BCUT2D eigenvalue weighted by Crippen LogP contribution is -2.20. The summed E-state index contributed by atoms with van der Waals surface area (Å²) >= 11 is 0. The first-order valence-electron chi connectivity index (χ1n) is 3.39. The lowest BCUT2D eigenvalue weighted by atomic mass is 9.98. The second-order valence-corrected chi connectivity index (χ2v) is 2.69. The molecule has 2 atom stereocenters. The number of hydrogen-bond acceptors (Lipinski definition) is 4. The number of esters is 1. The molecule has 0 saturated carbocycles.